The zero-order valence-corrected chi connectivity index (χ0v) is 14.4. The smallest absolute Gasteiger partial charge is 0.241 e. The van der Waals surface area contributed by atoms with Gasteiger partial charge in [-0.25, -0.2) is 18.0 Å². The number of aromatic nitrogens is 1. The van der Waals surface area contributed by atoms with Crippen molar-refractivity contribution in [3.8, 4) is 11.3 Å². The average molecular weight is 343 g/mol. The Morgan fingerprint density at radius 2 is 1.92 bits per heavy atom. The van der Waals surface area contributed by atoms with E-state index in [2.05, 4.69) is 22.9 Å². The Labute approximate surface area is 143 Å². The first-order chi connectivity index (χ1) is 11.4. The van der Waals surface area contributed by atoms with Crippen molar-refractivity contribution < 1.29 is 14.4 Å². The lowest BCUT2D eigenvalue weighted by atomic mass is 10.1. The summed E-state index contributed by atoms with van der Waals surface area (Å²) in [5, 5.41) is 3.30. The molecular formula is C18H21N3O2S+. The number of rotatable bonds is 5. The van der Waals surface area contributed by atoms with Crippen LogP contribution in [0.2, 0.25) is 0 Å². The van der Waals surface area contributed by atoms with E-state index in [4.69, 9.17) is 0 Å². The highest BCUT2D eigenvalue weighted by Gasteiger charge is 2.12. The largest absolute Gasteiger partial charge is 0.366 e. The zero-order chi connectivity index (χ0) is 17.2. The molecule has 0 saturated heterocycles. The number of allylic oxidation sites excluding steroid dienone is 1. The molecule has 6 heteroatoms. The minimum Gasteiger partial charge on any atom is -0.366 e. The van der Waals surface area contributed by atoms with Crippen molar-refractivity contribution in [1.82, 2.24) is 4.98 Å². The molecule has 0 saturated carbocycles. The predicted molar refractivity (Wildman–Crippen MR) is 98.0 cm³/mol. The number of hydrogen-bond acceptors (Lipinski definition) is 4. The van der Waals surface area contributed by atoms with E-state index in [1.807, 2.05) is 36.0 Å². The molecule has 0 bridgehead atoms. The molecule has 1 aliphatic rings. The van der Waals surface area contributed by atoms with Crippen LogP contribution in [0.3, 0.4) is 0 Å². The number of nitrogens with zero attached hydrogens (tertiary/aromatic N) is 2. The summed E-state index contributed by atoms with van der Waals surface area (Å²) in [6.07, 6.45) is 5.26. The van der Waals surface area contributed by atoms with E-state index in [0.29, 0.717) is 11.4 Å². The standard InChI is InChI=1S/C18H19N3O2S.H2/c1-21-11-10-14(13-21)12-19-18-5-3-4-17(20-18)15-6-8-16(9-7-15)24(2,22)23;/h3-11,13H,12H2,1-2H3,(H,19,20);1H/q+1;. The molecule has 0 fully saturated rings. The predicted octanol–water partition coefficient (Wildman–Crippen LogP) is 2.62. The summed E-state index contributed by atoms with van der Waals surface area (Å²) in [6.45, 7) is 2.76. The van der Waals surface area contributed by atoms with E-state index in [0.717, 1.165) is 17.1 Å². The summed E-state index contributed by atoms with van der Waals surface area (Å²) in [7, 11) is -1.19. The van der Waals surface area contributed by atoms with Gasteiger partial charge in [0, 0.05) is 31.4 Å². The lowest BCUT2D eigenvalue weighted by Crippen LogP contribution is -2.08. The monoisotopic (exact) mass is 343 g/mol. The highest BCUT2D eigenvalue weighted by molar-refractivity contribution is 7.90. The van der Waals surface area contributed by atoms with Gasteiger partial charge >= 0.3 is 0 Å². The molecule has 3 rings (SSSR count). The number of hydrogen-bond donors (Lipinski definition) is 1. The Bertz CT molecular complexity index is 920. The maximum atomic E-state index is 11.5. The van der Waals surface area contributed by atoms with Crippen LogP contribution in [-0.4, -0.2) is 44.0 Å². The van der Waals surface area contributed by atoms with E-state index in [1.54, 1.807) is 24.3 Å². The van der Waals surface area contributed by atoms with Crippen LogP contribution in [0, 0.1) is 6.54 Å². The number of likely N-dealkylation sites (N-methyl/N-ethyl adjacent to an activating group) is 1. The zero-order valence-electron chi connectivity index (χ0n) is 13.6. The van der Waals surface area contributed by atoms with Crippen molar-refractivity contribution in [3.63, 3.8) is 0 Å². The number of benzene rings is 1. The molecule has 24 heavy (non-hydrogen) atoms. The van der Waals surface area contributed by atoms with Gasteiger partial charge in [-0.15, -0.1) is 0 Å². The van der Waals surface area contributed by atoms with Gasteiger partial charge in [-0.3, -0.25) is 0 Å². The second kappa shape index (κ2) is 6.57. The van der Waals surface area contributed by atoms with Gasteiger partial charge in [-0.2, -0.15) is 0 Å². The lowest BCUT2D eigenvalue weighted by molar-refractivity contribution is -0.439. The highest BCUT2D eigenvalue weighted by Crippen LogP contribution is 2.21. The van der Waals surface area contributed by atoms with Crippen molar-refractivity contribution in [2.75, 3.05) is 25.2 Å². The molecule has 0 unspecified atom stereocenters. The summed E-state index contributed by atoms with van der Waals surface area (Å²) in [5.41, 5.74) is 2.86. The first kappa shape index (κ1) is 16.4. The fourth-order valence-electron chi connectivity index (χ4n) is 2.42. The second-order valence-electron chi connectivity index (χ2n) is 5.74. The fourth-order valence-corrected chi connectivity index (χ4v) is 3.06. The van der Waals surface area contributed by atoms with E-state index in [-0.39, 0.29) is 1.43 Å². The van der Waals surface area contributed by atoms with Gasteiger partial charge in [-0.05, 0) is 24.3 Å². The molecule has 1 radical (unpaired) electrons. The first-order valence-corrected chi connectivity index (χ1v) is 9.43. The molecule has 1 aliphatic heterocycles. The number of sulfone groups is 1. The molecule has 0 spiro atoms. The summed E-state index contributed by atoms with van der Waals surface area (Å²) < 4.78 is 25.1. The van der Waals surface area contributed by atoms with Crippen molar-refractivity contribution in [1.29, 1.82) is 0 Å². The maximum absolute atomic E-state index is 11.5. The molecule has 1 aromatic heterocycles. The topological polar surface area (TPSA) is 62.1 Å². The summed E-state index contributed by atoms with van der Waals surface area (Å²) in [5.74, 6) is 0.781. The van der Waals surface area contributed by atoms with Crippen molar-refractivity contribution in [3.05, 3.63) is 60.7 Å². The normalized spacial score (nSPS) is 14.2. The molecule has 0 aliphatic carbocycles. The third-order valence-electron chi connectivity index (χ3n) is 3.69. The van der Waals surface area contributed by atoms with Crippen LogP contribution in [0.4, 0.5) is 5.82 Å². The van der Waals surface area contributed by atoms with Gasteiger partial charge in [0.25, 0.3) is 0 Å². The molecule has 2 heterocycles. The quantitative estimate of drug-likeness (QED) is 0.848. The summed E-state index contributed by atoms with van der Waals surface area (Å²) in [4.78, 5) is 4.90. The molecule has 125 valence electrons. The summed E-state index contributed by atoms with van der Waals surface area (Å²) >= 11 is 0. The van der Waals surface area contributed by atoms with Crippen molar-refractivity contribution in [2.24, 2.45) is 0 Å². The number of nitrogens with one attached hydrogen (secondary N) is 1. The Morgan fingerprint density at radius 3 is 2.54 bits per heavy atom. The molecule has 0 amide bonds. The minimum atomic E-state index is -3.18. The van der Waals surface area contributed by atoms with Gasteiger partial charge in [0.05, 0.1) is 10.6 Å². The van der Waals surface area contributed by atoms with E-state index < -0.39 is 9.84 Å². The van der Waals surface area contributed by atoms with Gasteiger partial charge in [0.2, 0.25) is 6.54 Å². The van der Waals surface area contributed by atoms with Gasteiger partial charge in [0.1, 0.15) is 12.9 Å². The fraction of sp³-hybridized carbons (Fsp3) is 0.167. The van der Waals surface area contributed by atoms with E-state index in [1.165, 1.54) is 11.8 Å². The Kier molecular flexibility index (Phi) is 4.49. The molecule has 2 aromatic rings. The van der Waals surface area contributed by atoms with E-state index >= 15 is 0 Å². The highest BCUT2D eigenvalue weighted by atomic mass is 32.2. The molecular weight excluding hydrogens is 322 g/mol. The van der Waals surface area contributed by atoms with Gasteiger partial charge in [0.15, 0.2) is 16.1 Å². The SMILES string of the molecule is C[N+]1=CC=C(CNc2cccc(-c3ccc(S(C)(=O)=O)cc3)n2)[CH]1.[HH]. The maximum Gasteiger partial charge on any atom is 0.241 e. The second-order valence-corrected chi connectivity index (χ2v) is 7.76. The Hall–Kier alpha value is -2.47. The van der Waals surface area contributed by atoms with Gasteiger partial charge < -0.3 is 5.32 Å². The third kappa shape index (κ3) is 3.89. The van der Waals surface area contributed by atoms with E-state index in [9.17, 15) is 8.42 Å². The van der Waals surface area contributed by atoms with Crippen LogP contribution in [-0.2, 0) is 9.84 Å². The molecule has 1 aromatic carbocycles. The van der Waals surface area contributed by atoms with Crippen LogP contribution in [0.25, 0.3) is 11.3 Å². The van der Waals surface area contributed by atoms with Crippen molar-refractivity contribution in [2.45, 2.75) is 4.90 Å². The van der Waals surface area contributed by atoms with Crippen LogP contribution in [0.15, 0.2) is 59.0 Å². The Balaban J connectivity index is 0.00000225. The number of anilines is 1. The van der Waals surface area contributed by atoms with Crippen molar-refractivity contribution >= 4 is 21.9 Å². The number of pyridine rings is 1. The van der Waals surface area contributed by atoms with Gasteiger partial charge in [-0.1, -0.05) is 18.2 Å². The summed E-state index contributed by atoms with van der Waals surface area (Å²) in [6, 6.07) is 12.5. The van der Waals surface area contributed by atoms with Crippen LogP contribution in [0.5, 0.6) is 0 Å². The van der Waals surface area contributed by atoms with Crippen LogP contribution in [0.1, 0.15) is 1.43 Å². The third-order valence-corrected chi connectivity index (χ3v) is 4.82. The first-order valence-electron chi connectivity index (χ1n) is 7.54. The molecule has 0 atom stereocenters. The lowest BCUT2D eigenvalue weighted by Gasteiger charge is -2.08. The van der Waals surface area contributed by atoms with Crippen LogP contribution < -0.4 is 5.32 Å². The van der Waals surface area contributed by atoms with Crippen LogP contribution >= 0.6 is 0 Å². The Morgan fingerprint density at radius 1 is 1.17 bits per heavy atom. The average Bonchev–Trinajstić information content (AvgIpc) is 2.98. The molecule has 5 nitrogen and oxygen atoms in total. The molecule has 1 N–H and O–H groups in total. The minimum absolute atomic E-state index is 0.